The summed E-state index contributed by atoms with van der Waals surface area (Å²) >= 11 is 1.38. The molecule has 1 aromatic heterocycles. The van der Waals surface area contributed by atoms with Crippen molar-refractivity contribution in [1.82, 2.24) is 4.98 Å². The van der Waals surface area contributed by atoms with Crippen molar-refractivity contribution in [3.63, 3.8) is 0 Å². The smallest absolute Gasteiger partial charge is 0.268 e. The Labute approximate surface area is 174 Å². The van der Waals surface area contributed by atoms with Gasteiger partial charge in [-0.15, -0.1) is 11.3 Å². The van der Waals surface area contributed by atoms with Crippen LogP contribution in [0.25, 0.3) is 0 Å². The number of thiazole rings is 1. The average molecular weight is 403 g/mol. The van der Waals surface area contributed by atoms with Gasteiger partial charge < -0.3 is 0 Å². The zero-order chi connectivity index (χ0) is 20.3. The lowest BCUT2D eigenvalue weighted by atomic mass is 9.58. The second-order valence-electron chi connectivity index (χ2n) is 8.53. The second kappa shape index (κ2) is 6.36. The number of carbonyl (C=O) groups is 2. The summed E-state index contributed by atoms with van der Waals surface area (Å²) in [5, 5.41) is 2.48. The van der Waals surface area contributed by atoms with Crippen molar-refractivity contribution in [3.8, 4) is 0 Å². The van der Waals surface area contributed by atoms with Crippen LogP contribution in [0.15, 0.2) is 47.8 Å². The molecule has 0 saturated heterocycles. The summed E-state index contributed by atoms with van der Waals surface area (Å²) in [5.41, 5.74) is 6.10. The maximum absolute atomic E-state index is 12.7. The van der Waals surface area contributed by atoms with Gasteiger partial charge in [-0.05, 0) is 55.4 Å². The van der Waals surface area contributed by atoms with Gasteiger partial charge in [-0.3, -0.25) is 9.59 Å². The van der Waals surface area contributed by atoms with Gasteiger partial charge in [-0.1, -0.05) is 42.8 Å². The van der Waals surface area contributed by atoms with E-state index in [9.17, 15) is 9.59 Å². The zero-order valence-electron chi connectivity index (χ0n) is 16.7. The number of hydrogen-bond acceptors (Lipinski definition) is 4. The maximum Gasteiger partial charge on any atom is 0.268 e. The van der Waals surface area contributed by atoms with Crippen molar-refractivity contribution in [2.24, 2.45) is 0 Å². The molecule has 2 aliphatic rings. The number of benzene rings is 2. The molecule has 0 radical (unpaired) electrons. The van der Waals surface area contributed by atoms with Gasteiger partial charge in [0.1, 0.15) is 0 Å². The minimum absolute atomic E-state index is 0.153. The Morgan fingerprint density at radius 2 is 1.69 bits per heavy atom. The van der Waals surface area contributed by atoms with Crippen molar-refractivity contribution in [2.45, 2.75) is 44.9 Å². The third-order valence-corrected chi connectivity index (χ3v) is 7.19. The molecule has 2 heterocycles. The van der Waals surface area contributed by atoms with Crippen molar-refractivity contribution < 1.29 is 9.59 Å². The van der Waals surface area contributed by atoms with Crippen molar-refractivity contribution in [3.05, 3.63) is 81.4 Å². The van der Waals surface area contributed by atoms with Gasteiger partial charge in [-0.25, -0.2) is 9.88 Å². The summed E-state index contributed by atoms with van der Waals surface area (Å²) in [6, 6.07) is 13.6. The Kier molecular flexibility index (Phi) is 4.00. The Morgan fingerprint density at radius 1 is 1.03 bits per heavy atom. The SMILES string of the molecule is Cc1ccc(C)c(C2(C)CC(c3csc(N4C(=O)c5ccccc5C4=O)n3)C2)c1. The molecule has 0 atom stereocenters. The van der Waals surface area contributed by atoms with E-state index in [0.29, 0.717) is 22.2 Å². The molecule has 1 fully saturated rings. The van der Waals surface area contributed by atoms with E-state index in [0.717, 1.165) is 18.5 Å². The van der Waals surface area contributed by atoms with E-state index >= 15 is 0 Å². The molecule has 0 unspecified atom stereocenters. The Morgan fingerprint density at radius 3 is 2.34 bits per heavy atom. The minimum atomic E-state index is -0.277. The van der Waals surface area contributed by atoms with Crippen LogP contribution in [0.2, 0.25) is 0 Å². The molecule has 3 aromatic rings. The second-order valence-corrected chi connectivity index (χ2v) is 9.37. The van der Waals surface area contributed by atoms with Crippen LogP contribution in [0.5, 0.6) is 0 Å². The van der Waals surface area contributed by atoms with E-state index in [2.05, 4.69) is 39.0 Å². The third kappa shape index (κ3) is 2.76. The van der Waals surface area contributed by atoms with Gasteiger partial charge in [0.25, 0.3) is 11.8 Å². The van der Waals surface area contributed by atoms with E-state index in [-0.39, 0.29) is 17.2 Å². The first-order valence-corrected chi connectivity index (χ1v) is 10.8. The fourth-order valence-corrected chi connectivity index (χ4v) is 5.67. The topological polar surface area (TPSA) is 50.3 Å². The number of rotatable bonds is 3. The highest BCUT2D eigenvalue weighted by Gasteiger charge is 2.45. The summed E-state index contributed by atoms with van der Waals surface area (Å²) in [6.07, 6.45) is 2.06. The number of fused-ring (bicyclic) bond motifs is 1. The van der Waals surface area contributed by atoms with E-state index in [1.807, 2.05) is 5.38 Å². The van der Waals surface area contributed by atoms with Crippen molar-refractivity contribution in [2.75, 3.05) is 4.90 Å². The maximum atomic E-state index is 12.7. The molecule has 0 spiro atoms. The first kappa shape index (κ1) is 18.3. The minimum Gasteiger partial charge on any atom is -0.268 e. The number of amides is 2. The molecule has 0 bridgehead atoms. The van der Waals surface area contributed by atoms with Crippen LogP contribution in [-0.4, -0.2) is 16.8 Å². The Bertz CT molecular complexity index is 1120. The largest absolute Gasteiger partial charge is 0.268 e. The molecule has 1 aliphatic heterocycles. The summed E-state index contributed by atoms with van der Waals surface area (Å²) in [6.45, 7) is 6.64. The Balaban J connectivity index is 1.37. The fourth-order valence-electron chi connectivity index (χ4n) is 4.77. The molecular formula is C24H22N2O2S. The quantitative estimate of drug-likeness (QED) is 0.552. The van der Waals surface area contributed by atoms with Crippen molar-refractivity contribution >= 4 is 28.3 Å². The molecule has 2 amide bonds. The third-order valence-electron chi connectivity index (χ3n) is 6.35. The number of aromatic nitrogens is 1. The number of anilines is 1. The molecule has 146 valence electrons. The van der Waals surface area contributed by atoms with Crippen LogP contribution >= 0.6 is 11.3 Å². The van der Waals surface area contributed by atoms with Gasteiger partial charge in [0, 0.05) is 11.3 Å². The fraction of sp³-hybridized carbons (Fsp3) is 0.292. The molecule has 5 heteroatoms. The molecule has 1 aliphatic carbocycles. The molecule has 4 nitrogen and oxygen atoms in total. The lowest BCUT2D eigenvalue weighted by Crippen LogP contribution is -2.38. The summed E-state index contributed by atoms with van der Waals surface area (Å²) in [5.74, 6) is -0.194. The number of nitrogens with zero attached hydrogens (tertiary/aromatic N) is 2. The Hall–Kier alpha value is -2.79. The molecule has 1 saturated carbocycles. The predicted octanol–water partition coefficient (Wildman–Crippen LogP) is 5.40. The van der Waals surface area contributed by atoms with Crippen LogP contribution in [0.1, 0.15) is 68.8 Å². The van der Waals surface area contributed by atoms with E-state index < -0.39 is 0 Å². The summed E-state index contributed by atoms with van der Waals surface area (Å²) in [4.78, 5) is 31.3. The first-order chi connectivity index (χ1) is 13.9. The molecule has 0 N–H and O–H groups in total. The van der Waals surface area contributed by atoms with Gasteiger partial charge >= 0.3 is 0 Å². The highest BCUT2D eigenvalue weighted by Crippen LogP contribution is 2.53. The number of imide groups is 1. The van der Waals surface area contributed by atoms with Gasteiger partial charge in [0.15, 0.2) is 5.13 Å². The summed E-state index contributed by atoms with van der Waals surface area (Å²) in [7, 11) is 0. The predicted molar refractivity (Wildman–Crippen MR) is 115 cm³/mol. The monoisotopic (exact) mass is 402 g/mol. The highest BCUT2D eigenvalue weighted by atomic mass is 32.1. The van der Waals surface area contributed by atoms with Gasteiger partial charge in [0.2, 0.25) is 0 Å². The standard InChI is InChI=1S/C24H22N2O2S/c1-14-8-9-15(2)19(10-14)24(3)11-16(12-24)20-13-29-23(25-20)26-21(27)17-6-4-5-7-18(17)22(26)28/h4-10,13,16H,11-12H2,1-3H3. The van der Waals surface area contributed by atoms with Crippen LogP contribution in [0.3, 0.4) is 0 Å². The van der Waals surface area contributed by atoms with Crippen LogP contribution in [0, 0.1) is 13.8 Å². The lowest BCUT2D eigenvalue weighted by molar-refractivity contribution is 0.0926. The lowest BCUT2D eigenvalue weighted by Gasteiger charge is -2.46. The van der Waals surface area contributed by atoms with Gasteiger partial charge in [-0.2, -0.15) is 0 Å². The highest BCUT2D eigenvalue weighted by molar-refractivity contribution is 7.14. The molecule has 5 rings (SSSR count). The number of carbonyl (C=O) groups excluding carboxylic acids is 2. The van der Waals surface area contributed by atoms with Crippen LogP contribution in [0.4, 0.5) is 5.13 Å². The van der Waals surface area contributed by atoms with Crippen LogP contribution < -0.4 is 4.90 Å². The van der Waals surface area contributed by atoms with E-state index in [1.165, 1.54) is 32.9 Å². The molecular weight excluding hydrogens is 380 g/mol. The van der Waals surface area contributed by atoms with Crippen molar-refractivity contribution in [1.29, 1.82) is 0 Å². The van der Waals surface area contributed by atoms with E-state index in [1.54, 1.807) is 24.3 Å². The average Bonchev–Trinajstić information content (AvgIpc) is 3.25. The normalized spacial score (nSPS) is 23.3. The zero-order valence-corrected chi connectivity index (χ0v) is 17.5. The molecule has 29 heavy (non-hydrogen) atoms. The van der Waals surface area contributed by atoms with Gasteiger partial charge in [0.05, 0.1) is 16.8 Å². The number of aryl methyl sites for hydroxylation is 2. The number of hydrogen-bond donors (Lipinski definition) is 0. The van der Waals surface area contributed by atoms with Crippen LogP contribution in [-0.2, 0) is 5.41 Å². The first-order valence-electron chi connectivity index (χ1n) is 9.88. The van der Waals surface area contributed by atoms with E-state index in [4.69, 9.17) is 4.98 Å². The summed E-state index contributed by atoms with van der Waals surface area (Å²) < 4.78 is 0. The molecule has 2 aromatic carbocycles.